The molecule has 0 spiro atoms. The molecule has 0 atom stereocenters. The van der Waals surface area contributed by atoms with Crippen LogP contribution < -0.4 is 0 Å². The Morgan fingerprint density at radius 2 is 1.95 bits per heavy atom. The highest BCUT2D eigenvalue weighted by atomic mass is 32.2. The first-order chi connectivity index (χ1) is 9.70. The zero-order valence-electron chi connectivity index (χ0n) is 12.2. The second kappa shape index (κ2) is 6.77. The SMILES string of the molecule is CCCC(=O)Cc1ccc(S(=O)(=O)N(C)C)cc1[N+](=O)[O-]. The molecule has 0 N–H and O–H groups in total. The van der Waals surface area contributed by atoms with Crippen molar-refractivity contribution in [1.82, 2.24) is 4.31 Å². The Morgan fingerprint density at radius 1 is 1.33 bits per heavy atom. The Morgan fingerprint density at radius 3 is 2.43 bits per heavy atom. The molecule has 0 amide bonds. The summed E-state index contributed by atoms with van der Waals surface area (Å²) >= 11 is 0. The predicted octanol–water partition coefficient (Wildman–Crippen LogP) is 1.76. The Kier molecular flexibility index (Phi) is 5.56. The van der Waals surface area contributed by atoms with Crippen molar-refractivity contribution in [3.63, 3.8) is 0 Å². The molecule has 0 aliphatic carbocycles. The van der Waals surface area contributed by atoms with Gasteiger partial charge in [-0.15, -0.1) is 0 Å². The summed E-state index contributed by atoms with van der Waals surface area (Å²) in [4.78, 5) is 21.9. The quantitative estimate of drug-likeness (QED) is 0.564. The highest BCUT2D eigenvalue weighted by Crippen LogP contribution is 2.25. The van der Waals surface area contributed by atoms with Gasteiger partial charge in [-0.25, -0.2) is 12.7 Å². The maximum atomic E-state index is 12.0. The fourth-order valence-electron chi connectivity index (χ4n) is 1.81. The molecule has 0 aromatic heterocycles. The first-order valence-corrected chi connectivity index (χ1v) is 7.85. The zero-order valence-corrected chi connectivity index (χ0v) is 13.0. The van der Waals surface area contributed by atoms with Crippen LogP contribution in [-0.2, 0) is 21.2 Å². The van der Waals surface area contributed by atoms with Crippen LogP contribution in [0.5, 0.6) is 0 Å². The Bertz CT molecular complexity index is 653. The van der Waals surface area contributed by atoms with Gasteiger partial charge in [-0.3, -0.25) is 14.9 Å². The molecule has 0 bridgehead atoms. The molecule has 7 nitrogen and oxygen atoms in total. The second-order valence-corrected chi connectivity index (χ2v) is 6.95. The largest absolute Gasteiger partial charge is 0.299 e. The number of sulfonamides is 1. The third-order valence-electron chi connectivity index (χ3n) is 2.95. The van der Waals surface area contributed by atoms with Crippen LogP contribution in [-0.4, -0.2) is 37.5 Å². The minimum Gasteiger partial charge on any atom is -0.299 e. The van der Waals surface area contributed by atoms with Crippen LogP contribution in [0.15, 0.2) is 23.1 Å². The predicted molar refractivity (Wildman–Crippen MR) is 77.6 cm³/mol. The van der Waals surface area contributed by atoms with E-state index in [1.165, 1.54) is 26.2 Å². The van der Waals surface area contributed by atoms with Gasteiger partial charge in [0.15, 0.2) is 0 Å². The number of nitrogens with zero attached hydrogens (tertiary/aromatic N) is 2. The molecule has 0 unspecified atom stereocenters. The summed E-state index contributed by atoms with van der Waals surface area (Å²) in [7, 11) is -1.05. The number of hydrogen-bond acceptors (Lipinski definition) is 5. The number of hydrogen-bond donors (Lipinski definition) is 0. The summed E-state index contributed by atoms with van der Waals surface area (Å²) in [6.45, 7) is 1.85. The highest BCUT2D eigenvalue weighted by molar-refractivity contribution is 7.89. The van der Waals surface area contributed by atoms with Crippen LogP contribution in [0.1, 0.15) is 25.3 Å². The molecule has 8 heteroatoms. The average molecular weight is 314 g/mol. The van der Waals surface area contributed by atoms with E-state index < -0.39 is 14.9 Å². The van der Waals surface area contributed by atoms with Gasteiger partial charge in [0.05, 0.1) is 9.82 Å². The lowest BCUT2D eigenvalue weighted by Gasteiger charge is -2.12. The third kappa shape index (κ3) is 4.08. The number of carbonyl (C=O) groups is 1. The van der Waals surface area contributed by atoms with E-state index in [0.717, 1.165) is 10.4 Å². The van der Waals surface area contributed by atoms with Gasteiger partial charge in [-0.1, -0.05) is 13.0 Å². The Balaban J connectivity index is 3.26. The molecule has 0 heterocycles. The molecule has 0 saturated heterocycles. The van der Waals surface area contributed by atoms with Crippen molar-refractivity contribution < 1.29 is 18.1 Å². The summed E-state index contributed by atoms with van der Waals surface area (Å²) in [5, 5.41) is 11.1. The Hall–Kier alpha value is -1.80. The fourth-order valence-corrected chi connectivity index (χ4v) is 2.74. The first kappa shape index (κ1) is 17.3. The average Bonchev–Trinajstić information content (AvgIpc) is 2.38. The molecular formula is C13H18N2O5S. The molecule has 116 valence electrons. The van der Waals surface area contributed by atoms with Crippen molar-refractivity contribution >= 4 is 21.5 Å². The smallest absolute Gasteiger partial charge is 0.274 e. The lowest BCUT2D eigenvalue weighted by molar-refractivity contribution is -0.385. The van der Waals surface area contributed by atoms with Crippen molar-refractivity contribution in [3.05, 3.63) is 33.9 Å². The fraction of sp³-hybridized carbons (Fsp3) is 0.462. The molecule has 21 heavy (non-hydrogen) atoms. The van der Waals surface area contributed by atoms with Gasteiger partial charge in [-0.2, -0.15) is 0 Å². The van der Waals surface area contributed by atoms with Crippen molar-refractivity contribution in [1.29, 1.82) is 0 Å². The van der Waals surface area contributed by atoms with Gasteiger partial charge in [0.2, 0.25) is 10.0 Å². The van der Waals surface area contributed by atoms with E-state index in [0.29, 0.717) is 12.8 Å². The van der Waals surface area contributed by atoms with E-state index in [2.05, 4.69) is 0 Å². The van der Waals surface area contributed by atoms with Gasteiger partial charge >= 0.3 is 0 Å². The van der Waals surface area contributed by atoms with Gasteiger partial charge in [0.1, 0.15) is 5.78 Å². The molecule has 0 fully saturated rings. The summed E-state index contributed by atoms with van der Waals surface area (Å²) in [5.74, 6) is -0.108. The normalized spacial score (nSPS) is 11.6. The van der Waals surface area contributed by atoms with E-state index in [1.54, 1.807) is 0 Å². The van der Waals surface area contributed by atoms with E-state index in [1.807, 2.05) is 6.92 Å². The number of benzene rings is 1. The number of carbonyl (C=O) groups excluding carboxylic acids is 1. The summed E-state index contributed by atoms with van der Waals surface area (Å²) in [5.41, 5.74) is -0.112. The van der Waals surface area contributed by atoms with E-state index in [9.17, 15) is 23.3 Å². The molecule has 1 aromatic rings. The van der Waals surface area contributed by atoms with Crippen molar-refractivity contribution in [2.45, 2.75) is 31.1 Å². The standard InChI is InChI=1S/C13H18N2O5S/c1-4-5-11(16)8-10-6-7-12(9-13(10)15(17)18)21(19,20)14(2)3/h6-7,9H,4-5,8H2,1-3H3. The molecular weight excluding hydrogens is 296 g/mol. The van der Waals surface area contributed by atoms with Gasteiger partial charge in [0, 0.05) is 38.6 Å². The number of nitro benzene ring substituents is 1. The van der Waals surface area contributed by atoms with Crippen LogP contribution in [0, 0.1) is 10.1 Å². The van der Waals surface area contributed by atoms with E-state index >= 15 is 0 Å². The lowest BCUT2D eigenvalue weighted by atomic mass is 10.0. The summed E-state index contributed by atoms with van der Waals surface area (Å²) in [6.07, 6.45) is 0.946. The topological polar surface area (TPSA) is 97.6 Å². The van der Waals surface area contributed by atoms with Crippen LogP contribution >= 0.6 is 0 Å². The van der Waals surface area contributed by atoms with Crippen molar-refractivity contribution in [2.24, 2.45) is 0 Å². The van der Waals surface area contributed by atoms with Crippen LogP contribution in [0.4, 0.5) is 5.69 Å². The van der Waals surface area contributed by atoms with Gasteiger partial charge in [0.25, 0.3) is 5.69 Å². The molecule has 0 aliphatic rings. The highest BCUT2D eigenvalue weighted by Gasteiger charge is 2.23. The molecule has 1 rings (SSSR count). The summed E-state index contributed by atoms with van der Waals surface area (Å²) in [6, 6.07) is 3.63. The van der Waals surface area contributed by atoms with E-state index in [4.69, 9.17) is 0 Å². The maximum Gasteiger partial charge on any atom is 0.274 e. The van der Waals surface area contributed by atoms with E-state index in [-0.39, 0.29) is 28.4 Å². The summed E-state index contributed by atoms with van der Waals surface area (Å²) < 4.78 is 24.9. The molecule has 0 radical (unpaired) electrons. The molecule has 0 aliphatic heterocycles. The Labute approximate surface area is 123 Å². The van der Waals surface area contributed by atoms with Crippen LogP contribution in [0.3, 0.4) is 0 Å². The van der Waals surface area contributed by atoms with Gasteiger partial charge < -0.3 is 0 Å². The zero-order chi connectivity index (χ0) is 16.2. The molecule has 0 saturated carbocycles. The second-order valence-electron chi connectivity index (χ2n) is 4.80. The number of rotatable bonds is 7. The van der Waals surface area contributed by atoms with Crippen molar-refractivity contribution in [2.75, 3.05) is 14.1 Å². The van der Waals surface area contributed by atoms with Gasteiger partial charge in [-0.05, 0) is 12.5 Å². The minimum absolute atomic E-state index is 0.0631. The number of Topliss-reactive ketones (excluding diaryl/α,β-unsaturated/α-hetero) is 1. The van der Waals surface area contributed by atoms with Crippen molar-refractivity contribution in [3.8, 4) is 0 Å². The van der Waals surface area contributed by atoms with Crippen LogP contribution in [0.2, 0.25) is 0 Å². The molecule has 1 aromatic carbocycles. The van der Waals surface area contributed by atoms with Crippen LogP contribution in [0.25, 0.3) is 0 Å². The number of ketones is 1. The third-order valence-corrected chi connectivity index (χ3v) is 4.76. The maximum absolute atomic E-state index is 12.0. The minimum atomic E-state index is -3.74. The number of nitro groups is 1. The first-order valence-electron chi connectivity index (χ1n) is 6.41. The monoisotopic (exact) mass is 314 g/mol. The lowest BCUT2D eigenvalue weighted by Crippen LogP contribution is -2.22.